The normalized spacial score (nSPS) is 10.3. The Kier molecular flexibility index (Phi) is 4.87. The topological polar surface area (TPSA) is 59.1 Å². The number of nitrogens with one attached hydrogen (secondary N) is 1. The Bertz CT molecular complexity index is 640. The first-order chi connectivity index (χ1) is 9.56. The number of carbonyl (C=O) groups is 2. The molecule has 1 aromatic heterocycles. The summed E-state index contributed by atoms with van der Waals surface area (Å²) in [6.45, 7) is 1.85. The standard InChI is InChI=1S/C14H13ClN2O2S/c1-9-8-20-14(16-9)17-13(19)7-6-12(18)10-4-2-3-5-11(10)15/h2-5,8H,6-7H2,1H3,(H,16,17,19). The van der Waals surface area contributed by atoms with Crippen LogP contribution in [0.15, 0.2) is 29.6 Å². The van der Waals surface area contributed by atoms with Gasteiger partial charge in [0.15, 0.2) is 10.9 Å². The molecule has 0 atom stereocenters. The maximum Gasteiger partial charge on any atom is 0.226 e. The van der Waals surface area contributed by atoms with Crippen LogP contribution in [0.2, 0.25) is 5.02 Å². The van der Waals surface area contributed by atoms with Crippen LogP contribution < -0.4 is 5.32 Å². The van der Waals surface area contributed by atoms with Gasteiger partial charge < -0.3 is 5.32 Å². The van der Waals surface area contributed by atoms with Gasteiger partial charge >= 0.3 is 0 Å². The van der Waals surface area contributed by atoms with Crippen molar-refractivity contribution in [2.45, 2.75) is 19.8 Å². The molecule has 1 heterocycles. The predicted octanol–water partition coefficient (Wildman–Crippen LogP) is 3.71. The summed E-state index contributed by atoms with van der Waals surface area (Å²) in [6.07, 6.45) is 0.239. The van der Waals surface area contributed by atoms with E-state index in [1.165, 1.54) is 11.3 Å². The van der Waals surface area contributed by atoms with E-state index in [1.807, 2.05) is 12.3 Å². The predicted molar refractivity (Wildman–Crippen MR) is 80.5 cm³/mol. The Morgan fingerprint density at radius 1 is 1.30 bits per heavy atom. The lowest BCUT2D eigenvalue weighted by Gasteiger charge is -2.03. The van der Waals surface area contributed by atoms with Gasteiger partial charge in [-0.05, 0) is 19.1 Å². The van der Waals surface area contributed by atoms with Gasteiger partial charge in [0.25, 0.3) is 0 Å². The molecule has 0 fully saturated rings. The number of halogens is 1. The summed E-state index contributed by atoms with van der Waals surface area (Å²) in [5.74, 6) is -0.360. The Labute approximate surface area is 125 Å². The third-order valence-electron chi connectivity index (χ3n) is 2.62. The fraction of sp³-hybridized carbons (Fsp3) is 0.214. The van der Waals surface area contributed by atoms with Gasteiger partial charge in [-0.15, -0.1) is 11.3 Å². The minimum Gasteiger partial charge on any atom is -0.302 e. The monoisotopic (exact) mass is 308 g/mol. The van der Waals surface area contributed by atoms with Crippen molar-refractivity contribution >= 4 is 39.8 Å². The quantitative estimate of drug-likeness (QED) is 0.857. The zero-order chi connectivity index (χ0) is 14.5. The first-order valence-electron chi connectivity index (χ1n) is 6.06. The van der Waals surface area contributed by atoms with Crippen molar-refractivity contribution < 1.29 is 9.59 Å². The summed E-state index contributed by atoms with van der Waals surface area (Å²) in [5.41, 5.74) is 1.31. The number of hydrogen-bond donors (Lipinski definition) is 1. The maximum absolute atomic E-state index is 11.9. The van der Waals surface area contributed by atoms with Crippen molar-refractivity contribution in [1.82, 2.24) is 4.98 Å². The zero-order valence-corrected chi connectivity index (χ0v) is 12.4. The molecule has 0 spiro atoms. The molecule has 0 saturated carbocycles. The number of carbonyl (C=O) groups excluding carboxylic acids is 2. The second-order valence-electron chi connectivity index (χ2n) is 4.25. The van der Waals surface area contributed by atoms with Gasteiger partial charge in [-0.3, -0.25) is 9.59 Å². The third-order valence-corrected chi connectivity index (χ3v) is 3.82. The Morgan fingerprint density at radius 3 is 2.70 bits per heavy atom. The highest BCUT2D eigenvalue weighted by atomic mass is 35.5. The highest BCUT2D eigenvalue weighted by molar-refractivity contribution is 7.13. The van der Waals surface area contributed by atoms with E-state index in [0.29, 0.717) is 15.7 Å². The summed E-state index contributed by atoms with van der Waals surface area (Å²) in [5, 5.41) is 5.48. The Morgan fingerprint density at radius 2 is 2.05 bits per heavy atom. The van der Waals surface area contributed by atoms with Crippen LogP contribution in [0, 0.1) is 6.92 Å². The molecule has 0 aliphatic rings. The van der Waals surface area contributed by atoms with Crippen molar-refractivity contribution in [3.8, 4) is 0 Å². The summed E-state index contributed by atoms with van der Waals surface area (Å²) < 4.78 is 0. The number of aryl methyl sites for hydroxylation is 1. The fourth-order valence-electron chi connectivity index (χ4n) is 1.64. The Balaban J connectivity index is 1.87. The van der Waals surface area contributed by atoms with Crippen LogP contribution in [0.3, 0.4) is 0 Å². The van der Waals surface area contributed by atoms with Gasteiger partial charge in [0.2, 0.25) is 5.91 Å². The highest BCUT2D eigenvalue weighted by Gasteiger charge is 2.12. The van der Waals surface area contributed by atoms with Crippen LogP contribution >= 0.6 is 22.9 Å². The Hall–Kier alpha value is -1.72. The molecule has 20 heavy (non-hydrogen) atoms. The number of rotatable bonds is 5. The first kappa shape index (κ1) is 14.7. The van der Waals surface area contributed by atoms with Gasteiger partial charge in [0.1, 0.15) is 0 Å². The van der Waals surface area contributed by atoms with Crippen molar-refractivity contribution in [3.05, 3.63) is 45.9 Å². The highest BCUT2D eigenvalue weighted by Crippen LogP contribution is 2.18. The molecule has 0 unspecified atom stereocenters. The number of Topliss-reactive ketones (excluding diaryl/α,β-unsaturated/α-hetero) is 1. The first-order valence-corrected chi connectivity index (χ1v) is 7.32. The maximum atomic E-state index is 11.9. The van der Waals surface area contributed by atoms with E-state index in [-0.39, 0.29) is 24.5 Å². The molecule has 2 aromatic rings. The van der Waals surface area contributed by atoms with Crippen LogP contribution in [-0.4, -0.2) is 16.7 Å². The van der Waals surface area contributed by atoms with Crippen LogP contribution in [0.5, 0.6) is 0 Å². The number of anilines is 1. The third kappa shape index (κ3) is 3.88. The average Bonchev–Trinajstić information content (AvgIpc) is 2.82. The molecule has 0 aliphatic heterocycles. The number of amides is 1. The molecule has 6 heteroatoms. The summed E-state index contributed by atoms with van der Waals surface area (Å²) in [4.78, 5) is 27.8. The second-order valence-corrected chi connectivity index (χ2v) is 5.51. The summed E-state index contributed by atoms with van der Waals surface area (Å²) in [7, 11) is 0. The molecular formula is C14H13ClN2O2S. The average molecular weight is 309 g/mol. The van der Waals surface area contributed by atoms with E-state index >= 15 is 0 Å². The van der Waals surface area contributed by atoms with Gasteiger partial charge in [-0.25, -0.2) is 4.98 Å². The number of benzene rings is 1. The van der Waals surface area contributed by atoms with Crippen molar-refractivity contribution in [2.75, 3.05) is 5.32 Å². The SMILES string of the molecule is Cc1csc(NC(=O)CCC(=O)c2ccccc2Cl)n1. The molecule has 1 aromatic carbocycles. The zero-order valence-electron chi connectivity index (χ0n) is 10.9. The lowest BCUT2D eigenvalue weighted by molar-refractivity contribution is -0.116. The van der Waals surface area contributed by atoms with Crippen molar-refractivity contribution in [2.24, 2.45) is 0 Å². The number of aromatic nitrogens is 1. The number of hydrogen-bond acceptors (Lipinski definition) is 4. The largest absolute Gasteiger partial charge is 0.302 e. The molecule has 0 radical (unpaired) electrons. The van der Waals surface area contributed by atoms with E-state index in [1.54, 1.807) is 24.3 Å². The number of nitrogens with zero attached hydrogens (tertiary/aromatic N) is 1. The van der Waals surface area contributed by atoms with Crippen molar-refractivity contribution in [3.63, 3.8) is 0 Å². The molecule has 0 bridgehead atoms. The van der Waals surface area contributed by atoms with Gasteiger partial charge in [0, 0.05) is 23.8 Å². The molecule has 1 N–H and O–H groups in total. The van der Waals surface area contributed by atoms with E-state index in [0.717, 1.165) is 5.69 Å². The van der Waals surface area contributed by atoms with E-state index in [2.05, 4.69) is 10.3 Å². The smallest absolute Gasteiger partial charge is 0.226 e. The number of thiazole rings is 1. The minimum atomic E-state index is -0.222. The molecule has 4 nitrogen and oxygen atoms in total. The molecule has 0 aliphatic carbocycles. The van der Waals surface area contributed by atoms with Gasteiger partial charge in [-0.1, -0.05) is 23.7 Å². The lowest BCUT2D eigenvalue weighted by atomic mass is 10.1. The van der Waals surface area contributed by atoms with Gasteiger partial charge in [-0.2, -0.15) is 0 Å². The van der Waals surface area contributed by atoms with E-state index < -0.39 is 0 Å². The van der Waals surface area contributed by atoms with Gasteiger partial charge in [0.05, 0.1) is 10.7 Å². The molecule has 0 saturated heterocycles. The summed E-state index contributed by atoms with van der Waals surface area (Å²) >= 11 is 7.30. The lowest BCUT2D eigenvalue weighted by Crippen LogP contribution is -2.13. The van der Waals surface area contributed by atoms with Crippen LogP contribution in [0.25, 0.3) is 0 Å². The van der Waals surface area contributed by atoms with Crippen LogP contribution in [0.4, 0.5) is 5.13 Å². The molecule has 2 rings (SSSR count). The van der Waals surface area contributed by atoms with Crippen LogP contribution in [-0.2, 0) is 4.79 Å². The number of ketones is 1. The summed E-state index contributed by atoms with van der Waals surface area (Å²) in [6, 6.07) is 6.83. The second kappa shape index (κ2) is 6.63. The molecule has 1 amide bonds. The van der Waals surface area contributed by atoms with E-state index in [9.17, 15) is 9.59 Å². The molecule has 104 valence electrons. The molecular weight excluding hydrogens is 296 g/mol. The van der Waals surface area contributed by atoms with Crippen molar-refractivity contribution in [1.29, 1.82) is 0 Å². The van der Waals surface area contributed by atoms with Crippen LogP contribution in [0.1, 0.15) is 28.9 Å². The fourth-order valence-corrected chi connectivity index (χ4v) is 2.59. The van der Waals surface area contributed by atoms with E-state index in [4.69, 9.17) is 11.6 Å². The minimum absolute atomic E-state index is 0.114.